The minimum atomic E-state index is -1.54. The first kappa shape index (κ1) is 54.2. The van der Waals surface area contributed by atoms with Crippen LogP contribution < -0.4 is 11.5 Å². The number of rotatable bonds is 40. The van der Waals surface area contributed by atoms with Crippen molar-refractivity contribution in [2.75, 3.05) is 26.2 Å². The third kappa shape index (κ3) is 29.4. The number of unbranched alkanes of at least 4 members (excludes halogenated alkanes) is 22. The first-order valence-corrected chi connectivity index (χ1v) is 23.2. The summed E-state index contributed by atoms with van der Waals surface area (Å²) in [7, 11) is 0. The van der Waals surface area contributed by atoms with E-state index in [1.807, 2.05) is 0 Å². The highest BCUT2D eigenvalue weighted by atomic mass is 16.3. The molecule has 0 rings (SSSR count). The van der Waals surface area contributed by atoms with E-state index in [1.54, 1.807) is 0 Å². The molecule has 10 heteroatoms. The van der Waals surface area contributed by atoms with Crippen molar-refractivity contribution in [2.45, 2.75) is 231 Å². The zero-order valence-electron chi connectivity index (χ0n) is 36.5. The second-order valence-electron chi connectivity index (χ2n) is 16.2. The molecule has 330 valence electrons. The second kappa shape index (κ2) is 38.7. The molecule has 0 aromatic carbocycles. The molecule has 0 fully saturated rings. The van der Waals surface area contributed by atoms with Gasteiger partial charge in [-0.05, 0) is 71.1 Å². The van der Waals surface area contributed by atoms with Crippen molar-refractivity contribution in [1.29, 1.82) is 0 Å². The molecule has 0 radical (unpaired) electrons. The van der Waals surface area contributed by atoms with E-state index in [4.69, 9.17) is 11.5 Å². The normalized spacial score (nSPS) is 14.7. The Morgan fingerprint density at radius 3 is 1.05 bits per heavy atom. The van der Waals surface area contributed by atoms with E-state index < -0.39 is 30.6 Å². The summed E-state index contributed by atoms with van der Waals surface area (Å²) in [6.45, 7) is 5.20. The first-order valence-electron chi connectivity index (χ1n) is 23.2. The Kier molecular flexibility index (Phi) is 37.4. The van der Waals surface area contributed by atoms with Gasteiger partial charge in [0.15, 0.2) is 0 Å². The lowest BCUT2D eigenvalue weighted by Gasteiger charge is -2.44. The lowest BCUT2D eigenvalue weighted by molar-refractivity contribution is -0.163. The summed E-state index contributed by atoms with van der Waals surface area (Å²) in [5, 5.41) is 43.1. The molecule has 0 heterocycles. The maximum atomic E-state index is 13.8. The van der Waals surface area contributed by atoms with Crippen molar-refractivity contribution < 1.29 is 30.0 Å². The van der Waals surface area contributed by atoms with Gasteiger partial charge in [0.2, 0.25) is 11.8 Å². The van der Waals surface area contributed by atoms with Crippen LogP contribution in [-0.4, -0.2) is 98.8 Å². The predicted molar refractivity (Wildman–Crippen MR) is 234 cm³/mol. The number of carbonyl (C=O) groups excluding carboxylic acids is 2. The Balaban J connectivity index is 5.14. The van der Waals surface area contributed by atoms with Crippen molar-refractivity contribution in [3.05, 3.63) is 24.3 Å². The zero-order chi connectivity index (χ0) is 41.7. The SMILES string of the molecule is CCCCCCCCC=CCCCCCCCC(=O)N(CC(O)CN)C(C(O)C(C)O)N(CC(O)CN)C(=O)CCCCCCCC=CCCCCCCCC. The van der Waals surface area contributed by atoms with E-state index in [1.165, 1.54) is 93.8 Å². The van der Waals surface area contributed by atoms with Crippen LogP contribution in [0.4, 0.5) is 0 Å². The lowest BCUT2D eigenvalue weighted by Crippen LogP contribution is -2.63. The highest BCUT2D eigenvalue weighted by Gasteiger charge is 2.40. The Bertz CT molecular complexity index is 896. The van der Waals surface area contributed by atoms with Gasteiger partial charge in [-0.1, -0.05) is 141 Å². The third-order valence-electron chi connectivity index (χ3n) is 10.7. The van der Waals surface area contributed by atoms with Gasteiger partial charge in [0, 0.05) is 39.0 Å². The standard InChI is InChI=1S/C46H90N4O6/c1-4-6-8-10-12-14-16-18-20-22-24-26-28-30-32-34-43(54)49(38-41(52)36-47)46(45(56)40(3)51)50(39-42(53)37-48)44(55)35-33-31-29-27-25-23-21-19-17-15-13-11-9-7-5-2/h18-21,40-42,45-46,51-53,56H,4-17,22-39,47-48H2,1-3H3. The summed E-state index contributed by atoms with van der Waals surface area (Å²) >= 11 is 0. The summed E-state index contributed by atoms with van der Waals surface area (Å²) in [6, 6.07) is 0. The number of hydrogen-bond donors (Lipinski definition) is 6. The smallest absolute Gasteiger partial charge is 0.224 e. The van der Waals surface area contributed by atoms with E-state index in [2.05, 4.69) is 38.2 Å². The average Bonchev–Trinajstić information content (AvgIpc) is 3.19. The van der Waals surface area contributed by atoms with Crippen molar-refractivity contribution >= 4 is 11.8 Å². The summed E-state index contributed by atoms with van der Waals surface area (Å²) in [5.41, 5.74) is 11.5. The van der Waals surface area contributed by atoms with Gasteiger partial charge in [0.05, 0.1) is 18.3 Å². The highest BCUT2D eigenvalue weighted by Crippen LogP contribution is 2.21. The molecule has 0 saturated heterocycles. The summed E-state index contributed by atoms with van der Waals surface area (Å²) in [6.07, 6.45) is 32.7. The van der Waals surface area contributed by atoms with E-state index in [0.717, 1.165) is 77.0 Å². The minimum Gasteiger partial charge on any atom is -0.391 e. The van der Waals surface area contributed by atoms with Crippen LogP contribution >= 0.6 is 0 Å². The average molecular weight is 795 g/mol. The molecule has 0 bridgehead atoms. The van der Waals surface area contributed by atoms with E-state index in [9.17, 15) is 30.0 Å². The monoisotopic (exact) mass is 795 g/mol. The number of nitrogens with two attached hydrogens (primary N) is 2. The molecule has 0 aromatic heterocycles. The Hall–Kier alpha value is -1.82. The Labute approximate surface area is 343 Å². The molecule has 0 aliphatic carbocycles. The van der Waals surface area contributed by atoms with Crippen molar-refractivity contribution in [3.8, 4) is 0 Å². The van der Waals surface area contributed by atoms with Gasteiger partial charge in [0.25, 0.3) is 0 Å². The van der Waals surface area contributed by atoms with E-state index >= 15 is 0 Å². The molecule has 4 unspecified atom stereocenters. The molecular weight excluding hydrogens is 705 g/mol. The van der Waals surface area contributed by atoms with Crippen LogP contribution in [0.15, 0.2) is 24.3 Å². The van der Waals surface area contributed by atoms with E-state index in [0.29, 0.717) is 12.8 Å². The maximum absolute atomic E-state index is 13.8. The number of aliphatic hydroxyl groups excluding tert-OH is 4. The van der Waals surface area contributed by atoms with Gasteiger partial charge in [-0.2, -0.15) is 0 Å². The molecule has 0 aliphatic rings. The fourth-order valence-electron chi connectivity index (χ4n) is 7.09. The van der Waals surface area contributed by atoms with Crippen molar-refractivity contribution in [3.63, 3.8) is 0 Å². The molecule has 10 nitrogen and oxygen atoms in total. The van der Waals surface area contributed by atoms with E-state index in [-0.39, 0.29) is 50.8 Å². The van der Waals surface area contributed by atoms with Crippen LogP contribution in [0.1, 0.15) is 201 Å². The highest BCUT2D eigenvalue weighted by molar-refractivity contribution is 5.79. The largest absolute Gasteiger partial charge is 0.391 e. The Morgan fingerprint density at radius 1 is 0.482 bits per heavy atom. The van der Waals surface area contributed by atoms with Crippen LogP contribution in [0.25, 0.3) is 0 Å². The number of aliphatic hydroxyl groups is 4. The second-order valence-corrected chi connectivity index (χ2v) is 16.2. The minimum absolute atomic E-state index is 0.122. The number of amides is 2. The fraction of sp³-hybridized carbons (Fsp3) is 0.870. The molecule has 2 amide bonds. The molecule has 56 heavy (non-hydrogen) atoms. The third-order valence-corrected chi connectivity index (χ3v) is 10.7. The molecule has 0 saturated carbocycles. The van der Waals surface area contributed by atoms with Crippen LogP contribution in [0.5, 0.6) is 0 Å². The first-order chi connectivity index (χ1) is 27.1. The summed E-state index contributed by atoms with van der Waals surface area (Å²) < 4.78 is 0. The van der Waals surface area contributed by atoms with Crippen LogP contribution in [0, 0.1) is 0 Å². The lowest BCUT2D eigenvalue weighted by atomic mass is 10.0. The molecule has 0 aromatic rings. The van der Waals surface area contributed by atoms with Crippen LogP contribution in [-0.2, 0) is 9.59 Å². The van der Waals surface area contributed by atoms with Crippen molar-refractivity contribution in [1.82, 2.24) is 9.80 Å². The quantitative estimate of drug-likeness (QED) is 0.0204. The van der Waals surface area contributed by atoms with Gasteiger partial charge < -0.3 is 41.7 Å². The van der Waals surface area contributed by atoms with Gasteiger partial charge >= 0.3 is 0 Å². The van der Waals surface area contributed by atoms with Gasteiger partial charge in [-0.25, -0.2) is 0 Å². The summed E-state index contributed by atoms with van der Waals surface area (Å²) in [5.74, 6) is -0.693. The Morgan fingerprint density at radius 2 is 0.768 bits per heavy atom. The number of carbonyl (C=O) groups is 2. The number of hydrogen-bond acceptors (Lipinski definition) is 8. The van der Waals surface area contributed by atoms with Gasteiger partial charge in [-0.3, -0.25) is 9.59 Å². The predicted octanol–water partition coefficient (Wildman–Crippen LogP) is 8.43. The van der Waals surface area contributed by atoms with Gasteiger partial charge in [0.1, 0.15) is 12.3 Å². The molecular formula is C46H90N4O6. The van der Waals surface area contributed by atoms with Crippen LogP contribution in [0.3, 0.4) is 0 Å². The molecule has 8 N–H and O–H groups in total. The fourth-order valence-corrected chi connectivity index (χ4v) is 7.09. The topological polar surface area (TPSA) is 174 Å². The number of nitrogens with zero attached hydrogens (tertiary/aromatic N) is 2. The summed E-state index contributed by atoms with van der Waals surface area (Å²) in [4.78, 5) is 30.2. The number of allylic oxidation sites excluding steroid dienone is 4. The molecule has 0 spiro atoms. The maximum Gasteiger partial charge on any atom is 0.224 e. The zero-order valence-corrected chi connectivity index (χ0v) is 36.5. The van der Waals surface area contributed by atoms with Gasteiger partial charge in [-0.15, -0.1) is 0 Å². The van der Waals surface area contributed by atoms with Crippen molar-refractivity contribution in [2.24, 2.45) is 11.5 Å². The molecule has 0 aliphatic heterocycles. The van der Waals surface area contributed by atoms with Crippen LogP contribution in [0.2, 0.25) is 0 Å². The molecule has 4 atom stereocenters.